The average Bonchev–Trinajstić information content (AvgIpc) is 3.05. The van der Waals surface area contributed by atoms with E-state index in [1.54, 1.807) is 6.92 Å². The molecule has 8 nitrogen and oxygen atoms in total. The summed E-state index contributed by atoms with van der Waals surface area (Å²) in [6.07, 6.45) is 0.790. The number of rotatable bonds is 5. The molecule has 1 aromatic carbocycles. The Balaban J connectivity index is 2.08. The summed E-state index contributed by atoms with van der Waals surface area (Å²) in [6, 6.07) is 7.01. The van der Waals surface area contributed by atoms with E-state index in [2.05, 4.69) is 15.1 Å². The zero-order valence-electron chi connectivity index (χ0n) is 15.7. The summed E-state index contributed by atoms with van der Waals surface area (Å²) < 4.78 is 21.6. The normalized spacial score (nSPS) is 11.3. The number of carboxylic acids is 1. The lowest BCUT2D eigenvalue weighted by molar-refractivity contribution is 0.0691. The van der Waals surface area contributed by atoms with Crippen molar-refractivity contribution < 1.29 is 19.0 Å². The fourth-order valence-electron chi connectivity index (χ4n) is 3.20. The third-order valence-corrected chi connectivity index (χ3v) is 4.49. The Morgan fingerprint density at radius 1 is 1.31 bits per heavy atom. The third kappa shape index (κ3) is 3.10. The van der Waals surface area contributed by atoms with E-state index in [4.69, 9.17) is 4.74 Å². The number of ether oxygens (including phenoxy) is 1. The highest BCUT2D eigenvalue weighted by Gasteiger charge is 2.20. The van der Waals surface area contributed by atoms with Crippen LogP contribution >= 0.6 is 0 Å². The largest absolute Gasteiger partial charge is 0.494 e. The first-order valence-corrected chi connectivity index (χ1v) is 8.99. The molecular formula is C20H17FN4O4. The van der Waals surface area contributed by atoms with Crippen molar-refractivity contribution in [3.8, 4) is 11.4 Å². The molecule has 148 valence electrons. The van der Waals surface area contributed by atoms with Crippen LogP contribution in [-0.2, 0) is 0 Å². The quantitative estimate of drug-likeness (QED) is 0.536. The SMILES string of the molecule is CCCOc1ccc(F)c(-n2nc(C)c3c(=O)[nH]c4ccc(C(=O)O)nc4c32)c1. The van der Waals surface area contributed by atoms with Crippen LogP contribution in [0.3, 0.4) is 0 Å². The number of nitrogens with one attached hydrogen (secondary N) is 1. The van der Waals surface area contributed by atoms with Crippen LogP contribution in [-0.4, -0.2) is 37.4 Å². The molecule has 0 spiro atoms. The number of halogens is 1. The lowest BCUT2D eigenvalue weighted by Gasteiger charge is -2.10. The Hall–Kier alpha value is -3.75. The maximum absolute atomic E-state index is 14.7. The van der Waals surface area contributed by atoms with E-state index in [0.717, 1.165) is 6.42 Å². The summed E-state index contributed by atoms with van der Waals surface area (Å²) in [4.78, 5) is 30.8. The minimum Gasteiger partial charge on any atom is -0.494 e. The summed E-state index contributed by atoms with van der Waals surface area (Å²) in [7, 11) is 0. The number of carbonyl (C=O) groups is 1. The predicted octanol–water partition coefficient (Wildman–Crippen LogP) is 3.20. The Morgan fingerprint density at radius 3 is 2.83 bits per heavy atom. The van der Waals surface area contributed by atoms with Gasteiger partial charge >= 0.3 is 5.97 Å². The molecule has 0 saturated heterocycles. The standard InChI is InChI=1S/C20H17FN4O4/c1-3-8-29-11-4-5-12(21)15(9-11)25-18-16(10(2)24-25)19(26)23-13-6-7-14(20(27)28)22-17(13)18/h4-7,9H,3,8H2,1-2H3,(H,23,26)(H,27,28). The summed E-state index contributed by atoms with van der Waals surface area (Å²) in [5.74, 6) is -1.32. The molecule has 2 N–H and O–H groups in total. The monoisotopic (exact) mass is 396 g/mol. The number of pyridine rings is 2. The fourth-order valence-corrected chi connectivity index (χ4v) is 3.20. The van der Waals surface area contributed by atoms with Crippen molar-refractivity contribution in [1.82, 2.24) is 19.7 Å². The van der Waals surface area contributed by atoms with Gasteiger partial charge in [0.05, 0.1) is 23.2 Å². The Bertz CT molecular complexity index is 1330. The minimum atomic E-state index is -1.21. The number of aromatic nitrogens is 4. The molecule has 0 aliphatic rings. The van der Waals surface area contributed by atoms with E-state index < -0.39 is 17.3 Å². The van der Waals surface area contributed by atoms with Crippen LogP contribution in [0.2, 0.25) is 0 Å². The number of aromatic amines is 1. The molecular weight excluding hydrogens is 379 g/mol. The molecule has 0 aliphatic carbocycles. The van der Waals surface area contributed by atoms with Crippen LogP contribution in [0.1, 0.15) is 29.5 Å². The minimum absolute atomic E-state index is 0.0751. The topological polar surface area (TPSA) is 110 Å². The zero-order chi connectivity index (χ0) is 20.7. The first kappa shape index (κ1) is 18.6. The van der Waals surface area contributed by atoms with Crippen LogP contribution in [0.4, 0.5) is 4.39 Å². The van der Waals surface area contributed by atoms with Crippen molar-refractivity contribution in [1.29, 1.82) is 0 Å². The van der Waals surface area contributed by atoms with Gasteiger partial charge in [0.2, 0.25) is 0 Å². The number of hydrogen-bond acceptors (Lipinski definition) is 5. The zero-order valence-corrected chi connectivity index (χ0v) is 15.7. The molecule has 0 aliphatic heterocycles. The van der Waals surface area contributed by atoms with Gasteiger partial charge in [-0.05, 0) is 37.6 Å². The molecule has 29 heavy (non-hydrogen) atoms. The third-order valence-electron chi connectivity index (χ3n) is 4.49. The fraction of sp³-hybridized carbons (Fsp3) is 0.200. The second-order valence-corrected chi connectivity index (χ2v) is 6.53. The van der Waals surface area contributed by atoms with Gasteiger partial charge in [-0.1, -0.05) is 6.92 Å². The van der Waals surface area contributed by atoms with Crippen molar-refractivity contribution in [2.45, 2.75) is 20.3 Å². The van der Waals surface area contributed by atoms with Gasteiger partial charge in [-0.25, -0.2) is 18.9 Å². The van der Waals surface area contributed by atoms with E-state index in [1.165, 1.54) is 35.0 Å². The van der Waals surface area contributed by atoms with Crippen LogP contribution < -0.4 is 10.3 Å². The number of aromatic carboxylic acids is 1. The Labute approximate surface area is 163 Å². The number of hydrogen-bond donors (Lipinski definition) is 2. The molecule has 0 amide bonds. The smallest absolute Gasteiger partial charge is 0.354 e. The number of nitrogens with zero attached hydrogens (tertiary/aromatic N) is 3. The van der Waals surface area contributed by atoms with Crippen LogP contribution in [0.15, 0.2) is 35.1 Å². The highest BCUT2D eigenvalue weighted by Crippen LogP contribution is 2.28. The number of fused-ring (bicyclic) bond motifs is 3. The summed E-state index contributed by atoms with van der Waals surface area (Å²) in [6.45, 7) is 4.05. The van der Waals surface area contributed by atoms with Gasteiger partial charge < -0.3 is 14.8 Å². The summed E-state index contributed by atoms with van der Waals surface area (Å²) >= 11 is 0. The molecule has 3 aromatic heterocycles. The van der Waals surface area contributed by atoms with Gasteiger partial charge in [0.1, 0.15) is 34.0 Å². The van der Waals surface area contributed by atoms with E-state index >= 15 is 0 Å². The second kappa shape index (κ2) is 7.01. The molecule has 4 aromatic rings. The van der Waals surface area contributed by atoms with Gasteiger partial charge in [-0.3, -0.25) is 4.79 Å². The van der Waals surface area contributed by atoms with Crippen molar-refractivity contribution in [2.75, 3.05) is 6.61 Å². The lowest BCUT2D eigenvalue weighted by atomic mass is 10.2. The lowest BCUT2D eigenvalue weighted by Crippen LogP contribution is -2.10. The molecule has 0 atom stereocenters. The number of H-pyrrole nitrogens is 1. The van der Waals surface area contributed by atoms with Gasteiger partial charge in [0.25, 0.3) is 5.56 Å². The molecule has 0 fully saturated rings. The van der Waals surface area contributed by atoms with Gasteiger partial charge in [0.15, 0.2) is 0 Å². The highest BCUT2D eigenvalue weighted by molar-refractivity contribution is 6.03. The average molecular weight is 396 g/mol. The summed E-state index contributed by atoms with van der Waals surface area (Å²) in [5, 5.41) is 13.8. The number of aryl methyl sites for hydroxylation is 1. The highest BCUT2D eigenvalue weighted by atomic mass is 19.1. The number of benzene rings is 1. The van der Waals surface area contributed by atoms with Crippen LogP contribution in [0.5, 0.6) is 5.75 Å². The number of carboxylic acid groups (broad SMARTS) is 1. The van der Waals surface area contributed by atoms with E-state index in [0.29, 0.717) is 23.6 Å². The van der Waals surface area contributed by atoms with E-state index in [1.807, 2.05) is 6.92 Å². The molecule has 4 rings (SSSR count). The molecule has 0 radical (unpaired) electrons. The van der Waals surface area contributed by atoms with Crippen molar-refractivity contribution in [3.63, 3.8) is 0 Å². The first-order chi connectivity index (χ1) is 13.9. The molecule has 3 heterocycles. The molecule has 0 saturated carbocycles. The van der Waals surface area contributed by atoms with Crippen LogP contribution in [0, 0.1) is 12.7 Å². The van der Waals surface area contributed by atoms with Crippen molar-refractivity contribution >= 4 is 27.9 Å². The van der Waals surface area contributed by atoms with Gasteiger partial charge in [-0.15, -0.1) is 0 Å². The first-order valence-electron chi connectivity index (χ1n) is 8.99. The van der Waals surface area contributed by atoms with E-state index in [-0.39, 0.29) is 27.8 Å². The Morgan fingerprint density at radius 2 is 2.10 bits per heavy atom. The van der Waals surface area contributed by atoms with Crippen molar-refractivity contribution in [3.05, 3.63) is 57.9 Å². The molecule has 0 bridgehead atoms. The maximum Gasteiger partial charge on any atom is 0.354 e. The second-order valence-electron chi connectivity index (χ2n) is 6.53. The predicted molar refractivity (Wildman–Crippen MR) is 104 cm³/mol. The molecule has 9 heteroatoms. The Kier molecular flexibility index (Phi) is 4.50. The molecule has 0 unspecified atom stereocenters. The maximum atomic E-state index is 14.7. The summed E-state index contributed by atoms with van der Waals surface area (Å²) in [5.41, 5.74) is 0.593. The van der Waals surface area contributed by atoms with Crippen LogP contribution in [0.25, 0.3) is 27.6 Å². The van der Waals surface area contributed by atoms with E-state index in [9.17, 15) is 19.1 Å². The van der Waals surface area contributed by atoms with Gasteiger partial charge in [0, 0.05) is 6.07 Å². The van der Waals surface area contributed by atoms with Gasteiger partial charge in [-0.2, -0.15) is 5.10 Å². The van der Waals surface area contributed by atoms with Crippen molar-refractivity contribution in [2.24, 2.45) is 0 Å².